The van der Waals surface area contributed by atoms with Gasteiger partial charge in [-0.25, -0.2) is 9.97 Å². The Bertz CT molecular complexity index is 737. The summed E-state index contributed by atoms with van der Waals surface area (Å²) < 4.78 is 2.02. The van der Waals surface area contributed by atoms with Crippen LogP contribution in [0, 0.1) is 11.3 Å². The summed E-state index contributed by atoms with van der Waals surface area (Å²) in [7, 11) is 0. The summed E-state index contributed by atoms with van der Waals surface area (Å²) in [6, 6.07) is 13.8. The second kappa shape index (κ2) is 4.30. The molecule has 0 saturated heterocycles. The molecule has 4 nitrogen and oxygen atoms in total. The molecule has 0 atom stereocenters. The van der Waals surface area contributed by atoms with Crippen LogP contribution in [0.4, 0.5) is 0 Å². The fraction of sp³-hybridized carbons (Fsp3) is 0.0714. The van der Waals surface area contributed by atoms with Crippen LogP contribution in [0.3, 0.4) is 0 Å². The Morgan fingerprint density at radius 1 is 1.11 bits per heavy atom. The maximum Gasteiger partial charge on any atom is 0.145 e. The van der Waals surface area contributed by atoms with Gasteiger partial charge < -0.3 is 4.57 Å². The van der Waals surface area contributed by atoms with E-state index in [2.05, 4.69) is 16.0 Å². The molecule has 0 N–H and O–H groups in total. The lowest BCUT2D eigenvalue weighted by Crippen LogP contribution is -2.01. The molecule has 0 radical (unpaired) electrons. The van der Waals surface area contributed by atoms with Crippen LogP contribution in [-0.2, 0) is 6.54 Å². The van der Waals surface area contributed by atoms with Gasteiger partial charge >= 0.3 is 0 Å². The van der Waals surface area contributed by atoms with Crippen LogP contribution in [0.15, 0.2) is 48.9 Å². The smallest absolute Gasteiger partial charge is 0.145 e. The zero-order valence-corrected chi connectivity index (χ0v) is 9.61. The average Bonchev–Trinajstić information content (AvgIpc) is 2.83. The third-order valence-corrected chi connectivity index (χ3v) is 2.87. The van der Waals surface area contributed by atoms with Crippen molar-refractivity contribution < 1.29 is 0 Å². The minimum Gasteiger partial charge on any atom is -0.326 e. The number of nitrogens with zero attached hydrogens (tertiary/aromatic N) is 4. The van der Waals surface area contributed by atoms with E-state index in [1.165, 1.54) is 0 Å². The highest BCUT2D eigenvalue weighted by atomic mass is 15.0. The van der Waals surface area contributed by atoms with E-state index in [1.807, 2.05) is 41.0 Å². The molecule has 0 aliphatic heterocycles. The van der Waals surface area contributed by atoms with E-state index in [-0.39, 0.29) is 0 Å². The van der Waals surface area contributed by atoms with Crippen molar-refractivity contribution in [2.45, 2.75) is 6.54 Å². The summed E-state index contributed by atoms with van der Waals surface area (Å²) in [5, 5.41) is 9.02. The Labute approximate surface area is 104 Å². The fourth-order valence-corrected chi connectivity index (χ4v) is 1.99. The molecule has 4 heteroatoms. The van der Waals surface area contributed by atoms with Crippen molar-refractivity contribution in [3.8, 4) is 6.07 Å². The van der Waals surface area contributed by atoms with Gasteiger partial charge in [-0.05, 0) is 18.2 Å². The SMILES string of the molecule is N#Cc1ncccc1Cn1cnc2ccccc21. The Hall–Kier alpha value is -2.67. The van der Waals surface area contributed by atoms with E-state index < -0.39 is 0 Å². The molecule has 3 rings (SSSR count). The molecule has 18 heavy (non-hydrogen) atoms. The largest absolute Gasteiger partial charge is 0.326 e. The van der Waals surface area contributed by atoms with Gasteiger partial charge in [-0.1, -0.05) is 18.2 Å². The highest BCUT2D eigenvalue weighted by Crippen LogP contribution is 2.14. The summed E-state index contributed by atoms with van der Waals surface area (Å²) in [6.07, 6.45) is 3.42. The number of nitriles is 1. The van der Waals surface area contributed by atoms with Gasteiger partial charge in [0.05, 0.1) is 23.9 Å². The zero-order valence-electron chi connectivity index (χ0n) is 9.61. The van der Waals surface area contributed by atoms with Gasteiger partial charge in [0.25, 0.3) is 0 Å². The van der Waals surface area contributed by atoms with E-state index >= 15 is 0 Å². The molecular weight excluding hydrogens is 224 g/mol. The van der Waals surface area contributed by atoms with Crippen molar-refractivity contribution in [3.63, 3.8) is 0 Å². The van der Waals surface area contributed by atoms with Crippen LogP contribution in [0.5, 0.6) is 0 Å². The fourth-order valence-electron chi connectivity index (χ4n) is 1.99. The third kappa shape index (κ3) is 1.72. The van der Waals surface area contributed by atoms with Crippen LogP contribution in [0.1, 0.15) is 11.3 Å². The quantitative estimate of drug-likeness (QED) is 0.684. The van der Waals surface area contributed by atoms with Crippen molar-refractivity contribution in [2.75, 3.05) is 0 Å². The summed E-state index contributed by atoms with van der Waals surface area (Å²) in [6.45, 7) is 0.608. The number of imidazole rings is 1. The van der Waals surface area contributed by atoms with Gasteiger partial charge in [-0.2, -0.15) is 5.26 Å². The number of aromatic nitrogens is 3. The van der Waals surface area contributed by atoms with E-state index in [4.69, 9.17) is 5.26 Å². The van der Waals surface area contributed by atoms with Gasteiger partial charge in [0.15, 0.2) is 0 Å². The number of para-hydroxylation sites is 2. The molecule has 0 amide bonds. The molecule has 0 saturated carbocycles. The predicted octanol–water partition coefficient (Wildman–Crippen LogP) is 2.35. The molecule has 1 aromatic carbocycles. The molecule has 0 aliphatic carbocycles. The first-order valence-electron chi connectivity index (χ1n) is 5.62. The topological polar surface area (TPSA) is 54.5 Å². The van der Waals surface area contributed by atoms with Crippen LogP contribution in [0.25, 0.3) is 11.0 Å². The Morgan fingerprint density at radius 2 is 2.00 bits per heavy atom. The van der Waals surface area contributed by atoms with Crippen LogP contribution < -0.4 is 0 Å². The van der Waals surface area contributed by atoms with Crippen LogP contribution >= 0.6 is 0 Å². The average molecular weight is 234 g/mol. The minimum absolute atomic E-state index is 0.468. The summed E-state index contributed by atoms with van der Waals surface area (Å²) in [5.41, 5.74) is 3.39. The Kier molecular flexibility index (Phi) is 2.50. The highest BCUT2D eigenvalue weighted by molar-refractivity contribution is 5.75. The molecule has 86 valence electrons. The second-order valence-corrected chi connectivity index (χ2v) is 3.98. The summed E-state index contributed by atoms with van der Waals surface area (Å²) in [4.78, 5) is 8.39. The predicted molar refractivity (Wildman–Crippen MR) is 67.8 cm³/mol. The number of rotatable bonds is 2. The van der Waals surface area contributed by atoms with E-state index in [0.717, 1.165) is 16.6 Å². The van der Waals surface area contributed by atoms with Gasteiger partial charge in [0.2, 0.25) is 0 Å². The van der Waals surface area contributed by atoms with Gasteiger partial charge in [-0.15, -0.1) is 0 Å². The maximum atomic E-state index is 9.02. The number of hydrogen-bond acceptors (Lipinski definition) is 3. The maximum absolute atomic E-state index is 9.02. The first-order chi connectivity index (χ1) is 8.88. The molecule has 2 heterocycles. The summed E-state index contributed by atoms with van der Waals surface area (Å²) in [5.74, 6) is 0. The van der Waals surface area contributed by atoms with Crippen LogP contribution in [-0.4, -0.2) is 14.5 Å². The first kappa shape index (κ1) is 10.5. The molecule has 0 unspecified atom stereocenters. The molecule has 0 bridgehead atoms. The minimum atomic E-state index is 0.468. The Balaban J connectivity index is 2.05. The molecule has 0 aliphatic rings. The van der Waals surface area contributed by atoms with Gasteiger partial charge in [0.1, 0.15) is 11.8 Å². The lowest BCUT2D eigenvalue weighted by molar-refractivity contribution is 0.816. The molecule has 2 aromatic heterocycles. The Morgan fingerprint density at radius 3 is 2.89 bits per heavy atom. The standard InChI is InChI=1S/C14H10N4/c15-8-13-11(4-3-7-16-13)9-18-10-17-12-5-1-2-6-14(12)18/h1-7,10H,9H2. The van der Waals surface area contributed by atoms with Crippen molar-refractivity contribution in [3.05, 3.63) is 60.2 Å². The molecule has 0 spiro atoms. The molecule has 0 fully saturated rings. The van der Waals surface area contributed by atoms with Crippen molar-refractivity contribution in [1.82, 2.24) is 14.5 Å². The van der Waals surface area contributed by atoms with E-state index in [0.29, 0.717) is 12.2 Å². The van der Waals surface area contributed by atoms with Crippen molar-refractivity contribution >= 4 is 11.0 Å². The van der Waals surface area contributed by atoms with Crippen molar-refractivity contribution in [1.29, 1.82) is 5.26 Å². The lowest BCUT2D eigenvalue weighted by atomic mass is 10.2. The second-order valence-electron chi connectivity index (χ2n) is 3.98. The number of hydrogen-bond donors (Lipinski definition) is 0. The number of fused-ring (bicyclic) bond motifs is 1. The van der Waals surface area contributed by atoms with Crippen LogP contribution in [0.2, 0.25) is 0 Å². The van der Waals surface area contributed by atoms with E-state index in [9.17, 15) is 0 Å². The third-order valence-electron chi connectivity index (χ3n) is 2.87. The normalized spacial score (nSPS) is 10.4. The van der Waals surface area contributed by atoms with Crippen molar-refractivity contribution in [2.24, 2.45) is 0 Å². The number of pyridine rings is 1. The monoisotopic (exact) mass is 234 g/mol. The highest BCUT2D eigenvalue weighted by Gasteiger charge is 2.06. The summed E-state index contributed by atoms with van der Waals surface area (Å²) >= 11 is 0. The first-order valence-corrected chi connectivity index (χ1v) is 5.62. The molecular formula is C14H10N4. The molecule has 3 aromatic rings. The number of benzene rings is 1. The lowest BCUT2D eigenvalue weighted by Gasteiger charge is -2.05. The van der Waals surface area contributed by atoms with E-state index in [1.54, 1.807) is 12.5 Å². The van der Waals surface area contributed by atoms with Gasteiger partial charge in [0, 0.05) is 11.8 Å². The zero-order chi connectivity index (χ0) is 12.4. The van der Waals surface area contributed by atoms with Gasteiger partial charge in [-0.3, -0.25) is 0 Å².